The number of ether oxygens (including phenoxy) is 2. The molecule has 1 saturated heterocycles. The van der Waals surface area contributed by atoms with E-state index in [0.717, 1.165) is 42.8 Å². The Hall–Kier alpha value is -2.52. The molecule has 29 heavy (non-hydrogen) atoms. The van der Waals surface area contributed by atoms with Gasteiger partial charge in [-0.05, 0) is 12.3 Å². The third kappa shape index (κ3) is 3.38. The van der Waals surface area contributed by atoms with Crippen LogP contribution in [0.2, 0.25) is 5.15 Å². The standard InChI is InChI=1S/C19H23ClN7O2/c1-11-10-28-7-4-13(11)9-27-12(2)15-18(25-27)29-6-3-5-26-17-14(16(20)24-26)8-21-19(22-15)23-17/h8-9,11,13H,3-7,10H2,1-2H3,(H,21,22,23)/q+1/b27-9-/t11-,13?/m1/s1. The van der Waals surface area contributed by atoms with Crippen molar-refractivity contribution in [3.8, 4) is 0 Å². The maximum Gasteiger partial charge on any atom is 0.310 e. The zero-order valence-corrected chi connectivity index (χ0v) is 17.2. The lowest BCUT2D eigenvalue weighted by molar-refractivity contribution is -0.476. The molecule has 1 fully saturated rings. The highest BCUT2D eigenvalue weighted by atomic mass is 35.5. The summed E-state index contributed by atoms with van der Waals surface area (Å²) in [5.74, 6) is 1.88. The van der Waals surface area contributed by atoms with Gasteiger partial charge in [-0.1, -0.05) is 23.2 Å². The second kappa shape index (κ2) is 7.38. The molecule has 3 aliphatic heterocycles. The van der Waals surface area contributed by atoms with Crippen molar-refractivity contribution in [1.29, 1.82) is 0 Å². The normalized spacial score (nSPS) is 26.2. The van der Waals surface area contributed by atoms with Gasteiger partial charge in [0.2, 0.25) is 11.6 Å². The SMILES string of the molecule is CC1=C2Nc3ncc4c(Cl)nn(c4n3)CCCOC2=N/[N+]1=C\C1CCOC[C@H]1C. The molecule has 2 aromatic heterocycles. The average Bonchev–Trinajstić information content (AvgIpc) is 3.17. The molecule has 1 unspecified atom stereocenters. The van der Waals surface area contributed by atoms with E-state index in [2.05, 4.69) is 33.5 Å². The molecule has 152 valence electrons. The van der Waals surface area contributed by atoms with Crippen molar-refractivity contribution >= 4 is 40.7 Å². The van der Waals surface area contributed by atoms with Gasteiger partial charge in [-0.3, -0.25) is 0 Å². The van der Waals surface area contributed by atoms with E-state index in [1.807, 2.05) is 11.6 Å². The molecule has 5 heterocycles. The van der Waals surface area contributed by atoms with Crippen LogP contribution >= 0.6 is 11.6 Å². The van der Waals surface area contributed by atoms with Gasteiger partial charge in [0, 0.05) is 50.3 Å². The number of nitrogens with one attached hydrogen (secondary N) is 1. The minimum Gasteiger partial charge on any atom is -0.472 e. The monoisotopic (exact) mass is 416 g/mol. The van der Waals surface area contributed by atoms with E-state index < -0.39 is 0 Å². The predicted molar refractivity (Wildman–Crippen MR) is 109 cm³/mol. The van der Waals surface area contributed by atoms with Gasteiger partial charge in [0.25, 0.3) is 0 Å². The van der Waals surface area contributed by atoms with E-state index in [-0.39, 0.29) is 0 Å². The number of allylic oxidation sites excluding steroid dienone is 1. The molecule has 0 aromatic carbocycles. The fourth-order valence-electron chi connectivity index (χ4n) is 3.82. The van der Waals surface area contributed by atoms with E-state index in [0.29, 0.717) is 47.6 Å². The molecule has 5 rings (SSSR count). The van der Waals surface area contributed by atoms with Crippen LogP contribution in [0.4, 0.5) is 5.95 Å². The van der Waals surface area contributed by atoms with Crippen LogP contribution in [0.3, 0.4) is 0 Å². The summed E-state index contributed by atoms with van der Waals surface area (Å²) in [4.78, 5) is 9.04. The van der Waals surface area contributed by atoms with Crippen LogP contribution in [0.15, 0.2) is 22.7 Å². The van der Waals surface area contributed by atoms with Gasteiger partial charge < -0.3 is 14.8 Å². The molecule has 1 N–H and O–H groups in total. The Morgan fingerprint density at radius 3 is 3.14 bits per heavy atom. The minimum absolute atomic E-state index is 0.408. The van der Waals surface area contributed by atoms with Crippen LogP contribution in [0.5, 0.6) is 0 Å². The number of hydrogen-bond acceptors (Lipinski definition) is 7. The summed E-state index contributed by atoms with van der Waals surface area (Å²) < 4.78 is 15.3. The van der Waals surface area contributed by atoms with Gasteiger partial charge >= 0.3 is 5.90 Å². The summed E-state index contributed by atoms with van der Waals surface area (Å²) in [6.45, 7) is 6.95. The lowest BCUT2D eigenvalue weighted by atomic mass is 9.91. The summed E-state index contributed by atoms with van der Waals surface area (Å²) in [6.07, 6.45) is 5.62. The van der Waals surface area contributed by atoms with Crippen LogP contribution in [-0.2, 0) is 16.0 Å². The third-order valence-corrected chi connectivity index (χ3v) is 5.87. The summed E-state index contributed by atoms with van der Waals surface area (Å²) in [5, 5.41) is 13.5. The van der Waals surface area contributed by atoms with E-state index in [1.54, 1.807) is 10.9 Å². The topological polar surface area (TPSA) is 89.5 Å². The van der Waals surface area contributed by atoms with E-state index in [4.69, 9.17) is 26.2 Å². The molecular weight excluding hydrogens is 394 g/mol. The predicted octanol–water partition coefficient (Wildman–Crippen LogP) is 2.63. The molecule has 0 spiro atoms. The first-order chi connectivity index (χ1) is 14.1. The van der Waals surface area contributed by atoms with Crippen molar-refractivity contribution in [3.63, 3.8) is 0 Å². The Bertz CT molecular complexity index is 1060. The maximum atomic E-state index is 6.22. The Morgan fingerprint density at radius 2 is 2.28 bits per heavy atom. The van der Waals surface area contributed by atoms with Crippen LogP contribution in [0.1, 0.15) is 26.7 Å². The number of fused-ring (bicyclic) bond motifs is 2. The summed E-state index contributed by atoms with van der Waals surface area (Å²) in [6, 6.07) is 0. The second-order valence-electron chi connectivity index (χ2n) is 7.64. The third-order valence-electron chi connectivity index (χ3n) is 5.59. The van der Waals surface area contributed by atoms with Gasteiger partial charge in [-0.15, -0.1) is 0 Å². The van der Waals surface area contributed by atoms with Crippen LogP contribution < -0.4 is 5.32 Å². The number of hydrogen-bond donors (Lipinski definition) is 1. The van der Waals surface area contributed by atoms with E-state index in [1.165, 1.54) is 0 Å². The van der Waals surface area contributed by atoms with Gasteiger partial charge in [-0.25, -0.2) is 9.67 Å². The zero-order chi connectivity index (χ0) is 20.0. The minimum atomic E-state index is 0.408. The highest BCUT2D eigenvalue weighted by Gasteiger charge is 2.34. The number of hydrazone groups is 1. The number of aryl methyl sites for hydroxylation is 1. The fourth-order valence-corrected chi connectivity index (χ4v) is 4.04. The van der Waals surface area contributed by atoms with Crippen LogP contribution in [0, 0.1) is 11.8 Å². The molecule has 2 bridgehead atoms. The number of rotatable bonds is 1. The Balaban J connectivity index is 1.53. The molecule has 2 aromatic rings. The summed E-state index contributed by atoms with van der Waals surface area (Å²) >= 11 is 6.22. The first-order valence-corrected chi connectivity index (χ1v) is 10.3. The van der Waals surface area contributed by atoms with Crippen molar-refractivity contribution in [2.75, 3.05) is 25.1 Å². The van der Waals surface area contributed by atoms with Crippen molar-refractivity contribution in [3.05, 3.63) is 22.7 Å². The van der Waals surface area contributed by atoms with Gasteiger partial charge in [0.05, 0.1) is 12.0 Å². The molecule has 0 saturated carbocycles. The number of nitrogens with zero attached hydrogens (tertiary/aromatic N) is 6. The smallest absolute Gasteiger partial charge is 0.310 e. The quantitative estimate of drug-likeness (QED) is 0.719. The molecular formula is C19H23ClN7O2+. The highest BCUT2D eigenvalue weighted by molar-refractivity contribution is 6.34. The Kier molecular flexibility index (Phi) is 4.71. The molecule has 3 aliphatic rings. The van der Waals surface area contributed by atoms with Gasteiger partial charge in [-0.2, -0.15) is 10.1 Å². The number of halogens is 1. The molecule has 0 aliphatic carbocycles. The molecule has 0 amide bonds. The summed E-state index contributed by atoms with van der Waals surface area (Å²) in [5.41, 5.74) is 2.44. The molecule has 9 nitrogen and oxygen atoms in total. The van der Waals surface area contributed by atoms with Gasteiger partial charge in [0.15, 0.2) is 22.7 Å². The van der Waals surface area contributed by atoms with Crippen molar-refractivity contribution in [2.45, 2.75) is 33.2 Å². The first-order valence-electron chi connectivity index (χ1n) is 9.91. The maximum absolute atomic E-state index is 6.22. The number of aromatic nitrogens is 4. The van der Waals surface area contributed by atoms with E-state index >= 15 is 0 Å². The number of anilines is 1. The molecule has 10 heteroatoms. The fraction of sp³-hybridized carbons (Fsp3) is 0.526. The van der Waals surface area contributed by atoms with Crippen molar-refractivity contribution in [2.24, 2.45) is 16.9 Å². The largest absolute Gasteiger partial charge is 0.472 e. The van der Waals surface area contributed by atoms with Crippen molar-refractivity contribution < 1.29 is 14.2 Å². The summed E-state index contributed by atoms with van der Waals surface area (Å²) in [7, 11) is 0. The lowest BCUT2D eigenvalue weighted by Crippen LogP contribution is -2.28. The van der Waals surface area contributed by atoms with Gasteiger partial charge in [0.1, 0.15) is 0 Å². The molecule has 2 atom stereocenters. The van der Waals surface area contributed by atoms with E-state index in [9.17, 15) is 0 Å². The lowest BCUT2D eigenvalue weighted by Gasteiger charge is -2.23. The highest BCUT2D eigenvalue weighted by Crippen LogP contribution is 2.26. The van der Waals surface area contributed by atoms with Crippen LogP contribution in [0.25, 0.3) is 11.0 Å². The second-order valence-corrected chi connectivity index (χ2v) is 7.99. The average molecular weight is 417 g/mol. The first kappa shape index (κ1) is 18.5. The zero-order valence-electron chi connectivity index (χ0n) is 16.4. The Labute approximate surface area is 173 Å². The van der Waals surface area contributed by atoms with Crippen LogP contribution in [-0.4, -0.2) is 56.4 Å². The van der Waals surface area contributed by atoms with Crippen molar-refractivity contribution in [1.82, 2.24) is 19.7 Å². The Morgan fingerprint density at radius 1 is 1.38 bits per heavy atom. The molecule has 0 radical (unpaired) electrons.